The van der Waals surface area contributed by atoms with Gasteiger partial charge in [-0.3, -0.25) is 4.79 Å². The molecule has 168 valence electrons. The van der Waals surface area contributed by atoms with Crippen molar-refractivity contribution in [2.75, 3.05) is 36.5 Å². The van der Waals surface area contributed by atoms with Gasteiger partial charge in [0.05, 0.1) is 0 Å². The summed E-state index contributed by atoms with van der Waals surface area (Å²) in [5.41, 5.74) is 3.29. The van der Waals surface area contributed by atoms with Crippen molar-refractivity contribution in [2.45, 2.75) is 45.1 Å². The van der Waals surface area contributed by atoms with E-state index in [-0.39, 0.29) is 11.8 Å². The summed E-state index contributed by atoms with van der Waals surface area (Å²) in [7, 11) is 2.02. The first kappa shape index (κ1) is 20.8. The third-order valence-corrected chi connectivity index (χ3v) is 6.83. The number of carbonyl (C=O) groups is 1. The molecule has 1 amide bonds. The van der Waals surface area contributed by atoms with E-state index in [0.717, 1.165) is 55.6 Å². The number of hydrogen-bond donors (Lipinski definition) is 1. The fourth-order valence-corrected chi connectivity index (χ4v) is 4.57. The monoisotopic (exact) mass is 432 g/mol. The Balaban J connectivity index is 1.26. The number of aryl methyl sites for hydroxylation is 1. The zero-order valence-electron chi connectivity index (χ0n) is 18.8. The number of aromatic nitrogens is 3. The fourth-order valence-electron chi connectivity index (χ4n) is 4.57. The van der Waals surface area contributed by atoms with E-state index in [1.165, 1.54) is 24.9 Å². The van der Waals surface area contributed by atoms with Crippen LogP contribution in [0, 0.1) is 5.92 Å². The van der Waals surface area contributed by atoms with E-state index in [1.807, 2.05) is 13.2 Å². The van der Waals surface area contributed by atoms with Gasteiger partial charge in [-0.05, 0) is 56.4 Å². The zero-order valence-corrected chi connectivity index (χ0v) is 18.8. The molecule has 7 nitrogen and oxygen atoms in total. The Hall–Kier alpha value is -3.09. The largest absolute Gasteiger partial charge is 0.371 e. The highest BCUT2D eigenvalue weighted by Gasteiger charge is 2.24. The van der Waals surface area contributed by atoms with Crippen LogP contribution >= 0.6 is 0 Å². The summed E-state index contributed by atoms with van der Waals surface area (Å²) < 4.78 is 2.16. The highest BCUT2D eigenvalue weighted by molar-refractivity contribution is 5.79. The van der Waals surface area contributed by atoms with Gasteiger partial charge >= 0.3 is 0 Å². The van der Waals surface area contributed by atoms with Gasteiger partial charge in [0.15, 0.2) is 0 Å². The number of amides is 1. The van der Waals surface area contributed by atoms with Crippen LogP contribution in [-0.4, -0.2) is 47.1 Å². The molecule has 0 unspecified atom stereocenters. The normalized spacial score (nSPS) is 16.3. The second-order valence-electron chi connectivity index (χ2n) is 9.00. The van der Waals surface area contributed by atoms with Gasteiger partial charge in [0.25, 0.3) is 0 Å². The summed E-state index contributed by atoms with van der Waals surface area (Å²) in [4.78, 5) is 26.0. The molecule has 2 aliphatic rings. The second-order valence-corrected chi connectivity index (χ2v) is 9.00. The number of nitrogens with zero attached hydrogens (tertiary/aromatic N) is 5. The lowest BCUT2D eigenvalue weighted by Crippen LogP contribution is -2.35. The predicted molar refractivity (Wildman–Crippen MR) is 128 cm³/mol. The third-order valence-electron chi connectivity index (χ3n) is 6.83. The van der Waals surface area contributed by atoms with Crippen molar-refractivity contribution in [3.8, 4) is 0 Å². The number of rotatable bonds is 8. The van der Waals surface area contributed by atoms with E-state index in [4.69, 9.17) is 4.98 Å². The molecule has 1 aliphatic heterocycles. The van der Waals surface area contributed by atoms with Crippen molar-refractivity contribution in [3.63, 3.8) is 0 Å². The summed E-state index contributed by atoms with van der Waals surface area (Å²) in [6.45, 7) is 3.78. The topological polar surface area (TPSA) is 66.3 Å². The molecule has 3 heterocycles. The van der Waals surface area contributed by atoms with Crippen LogP contribution in [0.2, 0.25) is 0 Å². The van der Waals surface area contributed by atoms with Crippen molar-refractivity contribution < 1.29 is 4.79 Å². The van der Waals surface area contributed by atoms with Gasteiger partial charge in [-0.25, -0.2) is 4.98 Å². The van der Waals surface area contributed by atoms with E-state index < -0.39 is 0 Å². The lowest BCUT2D eigenvalue weighted by molar-refractivity contribution is -0.127. The standard InChI is InChI=1S/C25H32N6O/c1-29(21-9-5-10-22(17-21)30-13-2-3-14-30)25-27-18-20-11-16-31(23(20)28-25)15-6-12-26-24(32)19-7-4-8-19/h5,9-11,16-19H,2-4,6-8,12-15H2,1H3,(H,26,32). The number of fused-ring (bicyclic) bond motifs is 1. The van der Waals surface area contributed by atoms with Crippen LogP contribution in [0.1, 0.15) is 38.5 Å². The Morgan fingerprint density at radius 1 is 1.19 bits per heavy atom. The molecule has 5 rings (SSSR count). The van der Waals surface area contributed by atoms with E-state index in [9.17, 15) is 4.79 Å². The van der Waals surface area contributed by atoms with E-state index in [2.05, 4.69) is 61.2 Å². The van der Waals surface area contributed by atoms with Crippen LogP contribution in [-0.2, 0) is 11.3 Å². The second kappa shape index (κ2) is 9.18. The van der Waals surface area contributed by atoms with E-state index in [1.54, 1.807) is 0 Å². The molecular weight excluding hydrogens is 400 g/mol. The first-order chi connectivity index (χ1) is 15.7. The first-order valence-corrected chi connectivity index (χ1v) is 11.9. The molecule has 1 saturated carbocycles. The average Bonchev–Trinajstić information content (AvgIpc) is 3.45. The lowest BCUT2D eigenvalue weighted by Gasteiger charge is -2.24. The zero-order chi connectivity index (χ0) is 21.9. The first-order valence-electron chi connectivity index (χ1n) is 11.9. The Morgan fingerprint density at radius 3 is 2.81 bits per heavy atom. The fraction of sp³-hybridized carbons (Fsp3) is 0.480. The molecule has 2 aromatic heterocycles. The molecule has 0 radical (unpaired) electrons. The Kier molecular flexibility index (Phi) is 5.97. The van der Waals surface area contributed by atoms with Crippen LogP contribution in [0.3, 0.4) is 0 Å². The van der Waals surface area contributed by atoms with Gasteiger partial charge in [0, 0.05) is 68.3 Å². The Bertz CT molecular complexity index is 1080. The number of anilines is 3. The molecule has 1 aliphatic carbocycles. The van der Waals surface area contributed by atoms with Crippen LogP contribution in [0.5, 0.6) is 0 Å². The van der Waals surface area contributed by atoms with Gasteiger partial charge < -0.3 is 19.7 Å². The molecule has 32 heavy (non-hydrogen) atoms. The van der Waals surface area contributed by atoms with Crippen molar-refractivity contribution in [1.29, 1.82) is 0 Å². The van der Waals surface area contributed by atoms with Gasteiger partial charge in [-0.15, -0.1) is 0 Å². The van der Waals surface area contributed by atoms with Crippen LogP contribution < -0.4 is 15.1 Å². The predicted octanol–water partition coefficient (Wildman–Crippen LogP) is 4.11. The smallest absolute Gasteiger partial charge is 0.231 e. The molecule has 2 fully saturated rings. The summed E-state index contributed by atoms with van der Waals surface area (Å²) in [6.07, 6.45) is 10.6. The minimum Gasteiger partial charge on any atom is -0.371 e. The summed E-state index contributed by atoms with van der Waals surface area (Å²) >= 11 is 0. The minimum atomic E-state index is 0.219. The van der Waals surface area contributed by atoms with Crippen molar-refractivity contribution in [2.24, 2.45) is 5.92 Å². The van der Waals surface area contributed by atoms with E-state index in [0.29, 0.717) is 12.5 Å². The third kappa shape index (κ3) is 4.29. The lowest BCUT2D eigenvalue weighted by atomic mass is 9.85. The van der Waals surface area contributed by atoms with Crippen LogP contribution in [0.15, 0.2) is 42.7 Å². The summed E-state index contributed by atoms with van der Waals surface area (Å²) in [5.74, 6) is 1.16. The van der Waals surface area contributed by atoms with Gasteiger partial charge in [-0.1, -0.05) is 12.5 Å². The molecule has 1 aromatic carbocycles. The van der Waals surface area contributed by atoms with Gasteiger partial charge in [0.1, 0.15) is 5.65 Å². The highest BCUT2D eigenvalue weighted by Crippen LogP contribution is 2.28. The number of nitrogens with one attached hydrogen (secondary N) is 1. The minimum absolute atomic E-state index is 0.219. The van der Waals surface area contributed by atoms with Crippen molar-refractivity contribution in [3.05, 3.63) is 42.7 Å². The maximum Gasteiger partial charge on any atom is 0.231 e. The van der Waals surface area contributed by atoms with Crippen molar-refractivity contribution >= 4 is 34.3 Å². The summed E-state index contributed by atoms with van der Waals surface area (Å²) in [5, 5.41) is 4.11. The number of hydrogen-bond acceptors (Lipinski definition) is 5. The van der Waals surface area contributed by atoms with Gasteiger partial charge in [-0.2, -0.15) is 4.98 Å². The molecule has 1 saturated heterocycles. The maximum absolute atomic E-state index is 12.0. The van der Waals surface area contributed by atoms with Crippen LogP contribution in [0.4, 0.5) is 17.3 Å². The average molecular weight is 433 g/mol. The quantitative estimate of drug-likeness (QED) is 0.543. The van der Waals surface area contributed by atoms with Crippen LogP contribution in [0.25, 0.3) is 11.0 Å². The Morgan fingerprint density at radius 2 is 2.03 bits per heavy atom. The molecule has 1 N–H and O–H groups in total. The molecule has 3 aromatic rings. The summed E-state index contributed by atoms with van der Waals surface area (Å²) in [6, 6.07) is 10.7. The maximum atomic E-state index is 12.0. The van der Waals surface area contributed by atoms with Crippen molar-refractivity contribution in [1.82, 2.24) is 19.9 Å². The van der Waals surface area contributed by atoms with E-state index >= 15 is 0 Å². The SMILES string of the molecule is CN(c1cccc(N2CCCC2)c1)c1ncc2ccn(CCCNC(=O)C3CCC3)c2n1. The number of carbonyl (C=O) groups excluding carboxylic acids is 1. The highest BCUT2D eigenvalue weighted by atomic mass is 16.1. The van der Waals surface area contributed by atoms with Gasteiger partial charge in [0.2, 0.25) is 11.9 Å². The molecule has 7 heteroatoms. The molecule has 0 atom stereocenters. The Labute approximate surface area is 189 Å². The number of benzene rings is 1. The molecular formula is C25H32N6O. The molecule has 0 bridgehead atoms. The molecule has 0 spiro atoms.